The molecule has 2 N–H and O–H groups in total. The summed E-state index contributed by atoms with van der Waals surface area (Å²) in [5.74, 6) is 6.75. The summed E-state index contributed by atoms with van der Waals surface area (Å²) in [4.78, 5) is 2.42. The highest BCUT2D eigenvalue weighted by Gasteiger charge is 2.18. The average molecular weight is 274 g/mol. The van der Waals surface area contributed by atoms with Crippen molar-refractivity contribution >= 4 is 0 Å². The molecule has 0 spiro atoms. The molecule has 0 aromatic heterocycles. The number of hydrogen-bond acceptors (Lipinski definition) is 4. The summed E-state index contributed by atoms with van der Waals surface area (Å²) in [5, 5.41) is 0. The fourth-order valence-corrected chi connectivity index (χ4v) is 2.33. The molecule has 4 nitrogen and oxygen atoms in total. The Balaban J connectivity index is 2.15. The maximum Gasteiger partial charge on any atom is 0.134 e. The summed E-state index contributed by atoms with van der Waals surface area (Å²) >= 11 is 0. The summed E-state index contributed by atoms with van der Waals surface area (Å²) in [5.41, 5.74) is 7.57. The zero-order valence-corrected chi connectivity index (χ0v) is 12.2. The lowest BCUT2D eigenvalue weighted by Crippen LogP contribution is -2.42. The first-order chi connectivity index (χ1) is 9.74. The number of rotatable bonds is 3. The molecule has 1 fully saturated rings. The van der Waals surface area contributed by atoms with E-state index in [1.54, 1.807) is 7.11 Å². The predicted octanol–water partition coefficient (Wildman–Crippen LogP) is 1.23. The molecular weight excluding hydrogens is 252 g/mol. The second-order valence-corrected chi connectivity index (χ2v) is 4.93. The molecule has 0 aliphatic carbocycles. The molecule has 108 valence electrons. The van der Waals surface area contributed by atoms with E-state index in [4.69, 9.17) is 15.2 Å². The summed E-state index contributed by atoms with van der Waals surface area (Å²) < 4.78 is 10.8. The van der Waals surface area contributed by atoms with Crippen molar-refractivity contribution in [2.24, 2.45) is 5.73 Å². The lowest BCUT2D eigenvalue weighted by molar-refractivity contribution is -0.00437. The molecule has 20 heavy (non-hydrogen) atoms. The molecule has 1 aliphatic rings. The molecule has 1 heterocycles. The number of ether oxygens (including phenoxy) is 2. The molecular formula is C16H22N2O2. The van der Waals surface area contributed by atoms with E-state index < -0.39 is 0 Å². The third kappa shape index (κ3) is 3.73. The van der Waals surface area contributed by atoms with Gasteiger partial charge < -0.3 is 15.2 Å². The van der Waals surface area contributed by atoms with E-state index >= 15 is 0 Å². The van der Waals surface area contributed by atoms with Crippen LogP contribution in [0.25, 0.3) is 0 Å². The quantitative estimate of drug-likeness (QED) is 0.842. The summed E-state index contributed by atoms with van der Waals surface area (Å²) in [7, 11) is 1.66. The minimum atomic E-state index is 0.355. The highest BCUT2D eigenvalue weighted by Crippen LogP contribution is 2.21. The van der Waals surface area contributed by atoms with Gasteiger partial charge in [-0.2, -0.15) is 0 Å². The molecule has 0 amide bonds. The van der Waals surface area contributed by atoms with Gasteiger partial charge in [-0.25, -0.2) is 0 Å². The summed E-state index contributed by atoms with van der Waals surface area (Å²) in [6.45, 7) is 6.03. The zero-order chi connectivity index (χ0) is 14.4. The Morgan fingerprint density at radius 3 is 3.05 bits per heavy atom. The lowest BCUT2D eigenvalue weighted by Gasteiger charge is -2.33. The molecule has 0 saturated carbocycles. The van der Waals surface area contributed by atoms with Crippen LogP contribution < -0.4 is 10.5 Å². The number of nitrogens with zero attached hydrogens (tertiary/aromatic N) is 1. The van der Waals surface area contributed by atoms with Crippen LogP contribution in [0.15, 0.2) is 18.2 Å². The average Bonchev–Trinajstić information content (AvgIpc) is 2.47. The van der Waals surface area contributed by atoms with Gasteiger partial charge in [0.05, 0.1) is 32.4 Å². The molecule has 0 radical (unpaired) electrons. The van der Waals surface area contributed by atoms with Crippen molar-refractivity contribution in [3.63, 3.8) is 0 Å². The van der Waals surface area contributed by atoms with E-state index in [-0.39, 0.29) is 0 Å². The van der Waals surface area contributed by atoms with Gasteiger partial charge in [-0.15, -0.1) is 0 Å². The fraction of sp³-hybridized carbons (Fsp3) is 0.500. The van der Waals surface area contributed by atoms with E-state index in [0.29, 0.717) is 12.6 Å². The Hall–Kier alpha value is -1.54. The molecule has 1 atom stereocenters. The van der Waals surface area contributed by atoms with Crippen LogP contribution in [0.2, 0.25) is 0 Å². The molecule has 2 rings (SSSR count). The first kappa shape index (κ1) is 14.9. The van der Waals surface area contributed by atoms with Gasteiger partial charge in [0.2, 0.25) is 0 Å². The van der Waals surface area contributed by atoms with Crippen molar-refractivity contribution in [2.45, 2.75) is 19.5 Å². The van der Waals surface area contributed by atoms with Crippen LogP contribution >= 0.6 is 0 Å². The van der Waals surface area contributed by atoms with Crippen molar-refractivity contribution in [1.82, 2.24) is 4.90 Å². The number of benzene rings is 1. The smallest absolute Gasteiger partial charge is 0.134 e. The predicted molar refractivity (Wildman–Crippen MR) is 79.6 cm³/mol. The monoisotopic (exact) mass is 274 g/mol. The van der Waals surface area contributed by atoms with Gasteiger partial charge in [0.1, 0.15) is 5.75 Å². The second kappa shape index (κ2) is 7.30. The van der Waals surface area contributed by atoms with Crippen molar-refractivity contribution in [3.05, 3.63) is 29.3 Å². The van der Waals surface area contributed by atoms with Crippen molar-refractivity contribution in [2.75, 3.05) is 33.4 Å². The maximum absolute atomic E-state index is 5.47. The van der Waals surface area contributed by atoms with E-state index in [1.807, 2.05) is 6.07 Å². The largest absolute Gasteiger partial charge is 0.495 e. The van der Waals surface area contributed by atoms with Gasteiger partial charge in [0, 0.05) is 19.1 Å². The lowest BCUT2D eigenvalue weighted by atomic mass is 10.1. The highest BCUT2D eigenvalue weighted by molar-refractivity contribution is 5.48. The molecule has 1 aliphatic heterocycles. The normalized spacial score (nSPS) is 19.2. The van der Waals surface area contributed by atoms with Crippen LogP contribution in [0.1, 0.15) is 18.1 Å². The zero-order valence-electron chi connectivity index (χ0n) is 12.2. The second-order valence-electron chi connectivity index (χ2n) is 4.93. The Labute approximate surface area is 120 Å². The molecule has 1 aromatic carbocycles. The van der Waals surface area contributed by atoms with Gasteiger partial charge in [-0.05, 0) is 24.6 Å². The van der Waals surface area contributed by atoms with Gasteiger partial charge in [0.25, 0.3) is 0 Å². The number of nitrogens with two attached hydrogens (primary N) is 1. The Kier molecular flexibility index (Phi) is 5.42. The van der Waals surface area contributed by atoms with Gasteiger partial charge in [-0.3, -0.25) is 4.90 Å². The van der Waals surface area contributed by atoms with Crippen LogP contribution in [-0.4, -0.2) is 44.4 Å². The number of hydrogen-bond donors (Lipinski definition) is 1. The SMILES string of the molecule is COc1ccc(CN2CCOCC2C)cc1C#CCN. The van der Waals surface area contributed by atoms with Crippen LogP contribution in [0.3, 0.4) is 0 Å². The van der Waals surface area contributed by atoms with Crippen LogP contribution in [0.5, 0.6) is 5.75 Å². The van der Waals surface area contributed by atoms with Gasteiger partial charge >= 0.3 is 0 Å². The number of morpholine rings is 1. The van der Waals surface area contributed by atoms with Gasteiger partial charge in [-0.1, -0.05) is 17.9 Å². The first-order valence-corrected chi connectivity index (χ1v) is 6.92. The van der Waals surface area contributed by atoms with E-state index in [2.05, 4.69) is 35.8 Å². The van der Waals surface area contributed by atoms with Gasteiger partial charge in [0.15, 0.2) is 0 Å². The fourth-order valence-electron chi connectivity index (χ4n) is 2.33. The van der Waals surface area contributed by atoms with E-state index in [9.17, 15) is 0 Å². The number of methoxy groups -OCH3 is 1. The Morgan fingerprint density at radius 2 is 2.35 bits per heavy atom. The molecule has 1 saturated heterocycles. The topological polar surface area (TPSA) is 47.7 Å². The van der Waals surface area contributed by atoms with E-state index in [1.165, 1.54) is 5.56 Å². The third-order valence-corrected chi connectivity index (χ3v) is 3.48. The van der Waals surface area contributed by atoms with E-state index in [0.717, 1.165) is 37.6 Å². The van der Waals surface area contributed by atoms with Crippen LogP contribution in [0, 0.1) is 11.8 Å². The molecule has 4 heteroatoms. The minimum absolute atomic E-state index is 0.355. The van der Waals surface area contributed by atoms with Crippen molar-refractivity contribution in [1.29, 1.82) is 0 Å². The van der Waals surface area contributed by atoms with Crippen molar-refractivity contribution < 1.29 is 9.47 Å². The molecule has 1 unspecified atom stereocenters. The first-order valence-electron chi connectivity index (χ1n) is 6.92. The maximum atomic E-state index is 5.47. The standard InChI is InChI=1S/C16H22N2O2/c1-13-12-20-9-8-18(13)11-14-5-6-16(19-2)15(10-14)4-3-7-17/h5-6,10,13H,7-9,11-12,17H2,1-2H3. The Bertz CT molecular complexity index is 505. The van der Waals surface area contributed by atoms with Crippen LogP contribution in [-0.2, 0) is 11.3 Å². The van der Waals surface area contributed by atoms with Crippen molar-refractivity contribution in [3.8, 4) is 17.6 Å². The summed E-state index contributed by atoms with van der Waals surface area (Å²) in [6, 6.07) is 6.60. The molecule has 1 aromatic rings. The molecule has 0 bridgehead atoms. The summed E-state index contributed by atoms with van der Waals surface area (Å²) in [6.07, 6.45) is 0. The Morgan fingerprint density at radius 1 is 1.50 bits per heavy atom. The van der Waals surface area contributed by atoms with Crippen LogP contribution in [0.4, 0.5) is 0 Å². The highest BCUT2D eigenvalue weighted by atomic mass is 16.5. The minimum Gasteiger partial charge on any atom is -0.495 e. The third-order valence-electron chi connectivity index (χ3n) is 3.48.